The number of fused-ring (bicyclic) bond motifs is 5. The van der Waals surface area contributed by atoms with Crippen molar-refractivity contribution in [2.45, 2.75) is 62.1 Å². The maximum atomic E-state index is 17.0. The third-order valence-electron chi connectivity index (χ3n) is 10.6. The van der Waals surface area contributed by atoms with Crippen LogP contribution in [0.5, 0.6) is 11.8 Å². The predicted molar refractivity (Wildman–Crippen MR) is 175 cm³/mol. The van der Waals surface area contributed by atoms with Gasteiger partial charge in [-0.3, -0.25) is 9.69 Å². The number of pyridine rings is 1. The van der Waals surface area contributed by atoms with Gasteiger partial charge in [-0.1, -0.05) is 23.6 Å². The predicted octanol–water partition coefficient (Wildman–Crippen LogP) is 6.16. The highest BCUT2D eigenvalue weighted by atomic mass is 35.5. The molecular weight excluding hydrogens is 702 g/mol. The number of benzene rings is 2. The molecule has 2 bridgehead atoms. The minimum absolute atomic E-state index is 0.00717. The van der Waals surface area contributed by atoms with Gasteiger partial charge >= 0.3 is 18.1 Å². The molecule has 1 N–H and O–H groups in total. The lowest BCUT2D eigenvalue weighted by atomic mass is 9.95. The number of nitrogens with zero attached hydrogens (tertiary/aromatic N) is 6. The fraction of sp³-hybridized carbons (Fsp3) is 0.429. The Labute approximate surface area is 292 Å². The van der Waals surface area contributed by atoms with E-state index in [1.54, 1.807) is 4.90 Å². The van der Waals surface area contributed by atoms with Gasteiger partial charge in [-0.05, 0) is 55.8 Å². The number of aromatic hydroxyl groups is 1. The van der Waals surface area contributed by atoms with Gasteiger partial charge < -0.3 is 19.6 Å². The van der Waals surface area contributed by atoms with Gasteiger partial charge in [-0.15, -0.1) is 6.42 Å². The molecule has 4 aromatic rings. The van der Waals surface area contributed by atoms with E-state index in [1.165, 1.54) is 18.2 Å². The van der Waals surface area contributed by atoms with Crippen molar-refractivity contribution in [1.29, 1.82) is 0 Å². The second-order valence-electron chi connectivity index (χ2n) is 13.6. The van der Waals surface area contributed by atoms with Gasteiger partial charge in [-0.25, -0.2) is 18.2 Å². The van der Waals surface area contributed by atoms with Crippen molar-refractivity contribution in [2.24, 2.45) is 0 Å². The van der Waals surface area contributed by atoms with Gasteiger partial charge in [0.1, 0.15) is 46.5 Å². The lowest BCUT2D eigenvalue weighted by Crippen LogP contribution is -2.59. The molecule has 0 saturated carbocycles. The molecule has 8 rings (SSSR count). The number of phenolic OH excluding ortho intramolecular Hbond substituents is 1. The van der Waals surface area contributed by atoms with Crippen molar-refractivity contribution in [3.63, 3.8) is 0 Å². The summed E-state index contributed by atoms with van der Waals surface area (Å²) in [6.07, 6.45) is 1.89. The summed E-state index contributed by atoms with van der Waals surface area (Å²) in [4.78, 5) is 30.1. The largest absolute Gasteiger partial charge is 0.508 e. The first-order chi connectivity index (χ1) is 24.3. The number of aromatic nitrogens is 3. The summed E-state index contributed by atoms with van der Waals surface area (Å²) in [5.41, 5.74) is -1.66. The summed E-state index contributed by atoms with van der Waals surface area (Å²) >= 11 is 6.79. The van der Waals surface area contributed by atoms with E-state index in [0.717, 1.165) is 17.4 Å². The van der Waals surface area contributed by atoms with E-state index in [4.69, 9.17) is 22.8 Å². The zero-order chi connectivity index (χ0) is 36.0. The van der Waals surface area contributed by atoms with Crippen LogP contribution in [0.15, 0.2) is 24.3 Å². The summed E-state index contributed by atoms with van der Waals surface area (Å²) in [5.74, 6) is -1.71. The number of hydrogen-bond donors (Lipinski definition) is 1. The zero-order valence-electron chi connectivity index (χ0n) is 26.8. The van der Waals surface area contributed by atoms with E-state index in [-0.39, 0.29) is 82.8 Å². The smallest absolute Gasteiger partial charge is 0.471 e. The number of amides is 1. The van der Waals surface area contributed by atoms with Gasteiger partial charge in [0, 0.05) is 37.0 Å². The highest BCUT2D eigenvalue weighted by Crippen LogP contribution is 2.44. The molecule has 2 unspecified atom stereocenters. The number of phenols is 1. The first-order valence-electron chi connectivity index (χ1n) is 16.4. The number of ether oxygens (including phenoxy) is 1. The van der Waals surface area contributed by atoms with Crippen molar-refractivity contribution in [3.8, 4) is 35.4 Å². The lowest BCUT2D eigenvalue weighted by molar-refractivity contribution is -0.188. The number of terminal acetylenes is 1. The van der Waals surface area contributed by atoms with Crippen molar-refractivity contribution >= 4 is 45.0 Å². The van der Waals surface area contributed by atoms with Crippen LogP contribution in [0.4, 0.5) is 32.2 Å². The summed E-state index contributed by atoms with van der Waals surface area (Å²) in [7, 11) is 0. The topological polar surface area (TPSA) is 94.9 Å². The maximum absolute atomic E-state index is 17.0. The average molecular weight is 731 g/mol. The molecule has 4 atom stereocenters. The second-order valence-corrected chi connectivity index (χ2v) is 14.0. The van der Waals surface area contributed by atoms with Crippen LogP contribution in [0.1, 0.15) is 37.7 Å². The highest BCUT2D eigenvalue weighted by molar-refractivity contribution is 6.35. The first kappa shape index (κ1) is 33.6. The molecule has 4 aliphatic heterocycles. The van der Waals surface area contributed by atoms with E-state index in [0.29, 0.717) is 31.2 Å². The standard InChI is InChI=1S/C35H29ClF6N6O3/c1-2-22-24(38)7-4-17-10-21(49)11-23(25(17)22)28-27(39)29-26(30(36)43-28)31(46-14-19-5-6-20(15-46)48(19)32(50)35(40,41)42)45-33(44-29)51-16-34-8-3-9-47(34)13-18(37)12-34/h1,4,7,10-11,18-20,49H,3,5-6,8-9,12-16H2/t18-,19?,20?,34+/m0/s1. The van der Waals surface area contributed by atoms with Crippen molar-refractivity contribution in [3.05, 3.63) is 46.6 Å². The number of carbonyl (C=O) groups excluding carboxylic acids is 1. The SMILES string of the molecule is C#Cc1c(F)ccc2cc(O)cc(-c3nc(Cl)c4c(N5CC6CCC(C5)N6C(=O)C(F)(F)F)nc(OC[C@]56CCCN5C[C@@H](F)C6)nc4c3F)c12. The molecule has 4 aliphatic rings. The molecule has 4 saturated heterocycles. The van der Waals surface area contributed by atoms with Crippen LogP contribution in [0.3, 0.4) is 0 Å². The Balaban J connectivity index is 1.28. The third-order valence-corrected chi connectivity index (χ3v) is 10.9. The first-order valence-corrected chi connectivity index (χ1v) is 16.8. The van der Waals surface area contributed by atoms with E-state index in [2.05, 4.69) is 20.9 Å². The molecule has 266 valence electrons. The minimum atomic E-state index is -5.05. The Bertz CT molecular complexity index is 2150. The molecule has 51 heavy (non-hydrogen) atoms. The van der Waals surface area contributed by atoms with Crippen LogP contribution in [0.2, 0.25) is 5.15 Å². The lowest BCUT2D eigenvalue weighted by Gasteiger charge is -2.42. The monoisotopic (exact) mass is 730 g/mol. The number of rotatable bonds is 5. The average Bonchev–Trinajstić information content (AvgIpc) is 3.70. The van der Waals surface area contributed by atoms with E-state index in [1.807, 2.05) is 4.90 Å². The Hall–Kier alpha value is -4.55. The molecular formula is C35H29ClF6N6O3. The Kier molecular flexibility index (Phi) is 7.91. The Morgan fingerprint density at radius 3 is 2.55 bits per heavy atom. The molecule has 4 fully saturated rings. The minimum Gasteiger partial charge on any atom is -0.508 e. The van der Waals surface area contributed by atoms with Crippen LogP contribution in [0, 0.1) is 24.0 Å². The van der Waals surface area contributed by atoms with Crippen LogP contribution in [-0.4, -0.2) is 98.5 Å². The Morgan fingerprint density at radius 1 is 1.10 bits per heavy atom. The fourth-order valence-electron chi connectivity index (χ4n) is 8.52. The van der Waals surface area contributed by atoms with Crippen molar-refractivity contribution < 1.29 is 41.0 Å². The molecule has 2 aromatic carbocycles. The highest BCUT2D eigenvalue weighted by Gasteiger charge is 2.52. The molecule has 1 amide bonds. The number of alkyl halides is 4. The maximum Gasteiger partial charge on any atom is 0.471 e. The van der Waals surface area contributed by atoms with E-state index < -0.39 is 53.2 Å². The summed E-state index contributed by atoms with van der Waals surface area (Å²) in [5, 5.41) is 10.6. The second kappa shape index (κ2) is 12.0. The number of carbonyl (C=O) groups is 1. The zero-order valence-corrected chi connectivity index (χ0v) is 27.5. The molecule has 0 radical (unpaired) electrons. The third kappa shape index (κ3) is 5.45. The summed E-state index contributed by atoms with van der Waals surface area (Å²) in [6, 6.07) is 3.08. The number of hydrogen-bond acceptors (Lipinski definition) is 8. The van der Waals surface area contributed by atoms with Gasteiger partial charge in [0.25, 0.3) is 0 Å². The van der Waals surface area contributed by atoms with Crippen molar-refractivity contribution in [1.82, 2.24) is 24.8 Å². The molecule has 2 aromatic heterocycles. The Morgan fingerprint density at radius 2 is 1.84 bits per heavy atom. The van der Waals surface area contributed by atoms with Gasteiger partial charge in [0.2, 0.25) is 0 Å². The van der Waals surface area contributed by atoms with Crippen LogP contribution < -0.4 is 9.64 Å². The van der Waals surface area contributed by atoms with Gasteiger partial charge in [-0.2, -0.15) is 23.1 Å². The molecule has 0 spiro atoms. The molecule has 9 nitrogen and oxygen atoms in total. The van der Waals surface area contributed by atoms with Gasteiger partial charge in [0.05, 0.1) is 28.6 Å². The number of halogens is 7. The number of anilines is 1. The molecule has 16 heteroatoms. The van der Waals surface area contributed by atoms with E-state index in [9.17, 15) is 31.9 Å². The van der Waals surface area contributed by atoms with Gasteiger partial charge in [0.15, 0.2) is 5.82 Å². The summed E-state index contributed by atoms with van der Waals surface area (Å²) in [6.45, 7) is 0.787. The number of piperazine rings is 1. The fourth-order valence-corrected chi connectivity index (χ4v) is 8.78. The van der Waals surface area contributed by atoms with Crippen LogP contribution in [-0.2, 0) is 4.79 Å². The molecule has 0 aliphatic carbocycles. The van der Waals surface area contributed by atoms with E-state index >= 15 is 4.39 Å². The molecule has 6 heterocycles. The van der Waals surface area contributed by atoms with Crippen LogP contribution >= 0.6 is 11.6 Å². The normalized spacial score (nSPS) is 24.8. The van der Waals surface area contributed by atoms with Crippen LogP contribution in [0.25, 0.3) is 32.9 Å². The summed E-state index contributed by atoms with van der Waals surface area (Å²) < 4.78 is 93.0. The van der Waals surface area contributed by atoms with Crippen molar-refractivity contribution in [2.75, 3.05) is 37.7 Å². The quantitative estimate of drug-likeness (QED) is 0.148.